The number of aromatic nitrogens is 2. The van der Waals surface area contributed by atoms with Crippen LogP contribution in [0.15, 0.2) is 42.5 Å². The largest absolute Gasteiger partial charge is 0.490 e. The number of benzene rings is 2. The molecule has 3 heterocycles. The third-order valence-corrected chi connectivity index (χ3v) is 10.4. The van der Waals surface area contributed by atoms with Crippen LogP contribution in [0.4, 0.5) is 0 Å². The van der Waals surface area contributed by atoms with Crippen LogP contribution in [0.3, 0.4) is 0 Å². The summed E-state index contributed by atoms with van der Waals surface area (Å²) in [5.74, 6) is 0.869. The Morgan fingerprint density at radius 3 is 2.41 bits per heavy atom. The summed E-state index contributed by atoms with van der Waals surface area (Å²) in [6.45, 7) is 0.582. The zero-order chi connectivity index (χ0) is 27.8. The van der Waals surface area contributed by atoms with Crippen LogP contribution >= 0.6 is 0 Å². The number of hydrogen-bond donors (Lipinski definition) is 2. The Hall–Kier alpha value is -2.90. The normalized spacial score (nSPS) is 26.4. The van der Waals surface area contributed by atoms with Crippen molar-refractivity contribution in [3.8, 4) is 17.0 Å². The first-order valence-corrected chi connectivity index (χ1v) is 16.0. The van der Waals surface area contributed by atoms with E-state index in [2.05, 4.69) is 51.7 Å². The highest BCUT2D eigenvalue weighted by Crippen LogP contribution is 2.37. The van der Waals surface area contributed by atoms with Gasteiger partial charge in [0, 0.05) is 35.1 Å². The summed E-state index contributed by atoms with van der Waals surface area (Å²) in [6.07, 6.45) is 16.0. The Bertz CT molecular complexity index is 1340. The first-order valence-electron chi connectivity index (χ1n) is 16.0. The molecule has 2 saturated carbocycles. The number of aromatic amines is 1. The number of ether oxygens (including phenoxy) is 2. The number of piperidine rings is 1. The van der Waals surface area contributed by atoms with Crippen LogP contribution in [0.1, 0.15) is 93.8 Å². The SMILES string of the molecule is CN1[C@@H]2CC[C@H]1CC(Oc1ccc(-c3n[nH]c4ccc(C(=O)NCC5(OC6CCCC6)CCCCC5)cc34)cc1)C2. The fraction of sp³-hybridized carbons (Fsp3) is 0.588. The van der Waals surface area contributed by atoms with Gasteiger partial charge in [0.2, 0.25) is 0 Å². The summed E-state index contributed by atoms with van der Waals surface area (Å²) in [4.78, 5) is 15.9. The molecule has 4 aliphatic rings. The Morgan fingerprint density at radius 2 is 1.68 bits per heavy atom. The minimum Gasteiger partial charge on any atom is -0.490 e. The average Bonchev–Trinajstić information content (AvgIpc) is 3.70. The lowest BCUT2D eigenvalue weighted by atomic mass is 9.84. The molecule has 7 rings (SSSR count). The van der Waals surface area contributed by atoms with Crippen LogP contribution in [-0.4, -0.2) is 64.5 Å². The highest BCUT2D eigenvalue weighted by atomic mass is 16.5. The molecule has 0 spiro atoms. The summed E-state index contributed by atoms with van der Waals surface area (Å²) < 4.78 is 13.1. The average molecular weight is 557 g/mol. The zero-order valence-corrected chi connectivity index (χ0v) is 24.4. The predicted octanol–water partition coefficient (Wildman–Crippen LogP) is 6.63. The summed E-state index contributed by atoms with van der Waals surface area (Å²) in [5, 5.41) is 12.0. The quantitative estimate of drug-likeness (QED) is 0.326. The Kier molecular flexibility index (Phi) is 7.50. The maximum Gasteiger partial charge on any atom is 0.251 e. The van der Waals surface area contributed by atoms with Crippen molar-refractivity contribution in [3.05, 3.63) is 48.0 Å². The number of hydrogen-bond acceptors (Lipinski definition) is 5. The van der Waals surface area contributed by atoms with Crippen molar-refractivity contribution in [3.63, 3.8) is 0 Å². The lowest BCUT2D eigenvalue weighted by Gasteiger charge is -2.39. The van der Waals surface area contributed by atoms with Gasteiger partial charge in [-0.05, 0) is 101 Å². The van der Waals surface area contributed by atoms with Crippen LogP contribution in [0.25, 0.3) is 22.2 Å². The number of nitrogens with one attached hydrogen (secondary N) is 2. The molecule has 2 saturated heterocycles. The van der Waals surface area contributed by atoms with E-state index < -0.39 is 0 Å². The molecule has 1 aromatic heterocycles. The van der Waals surface area contributed by atoms with Crippen molar-refractivity contribution >= 4 is 16.8 Å². The van der Waals surface area contributed by atoms with Crippen molar-refractivity contribution in [1.29, 1.82) is 0 Å². The molecule has 2 N–H and O–H groups in total. The first kappa shape index (κ1) is 27.0. The van der Waals surface area contributed by atoms with E-state index in [0.717, 1.165) is 66.4 Å². The van der Waals surface area contributed by atoms with Crippen molar-refractivity contribution in [2.45, 2.75) is 113 Å². The predicted molar refractivity (Wildman–Crippen MR) is 161 cm³/mol. The summed E-state index contributed by atoms with van der Waals surface area (Å²) in [7, 11) is 2.26. The molecule has 0 radical (unpaired) electrons. The Labute approximate surface area is 243 Å². The van der Waals surface area contributed by atoms with E-state index in [1.807, 2.05) is 18.2 Å². The van der Waals surface area contributed by atoms with Crippen LogP contribution in [0.2, 0.25) is 0 Å². The van der Waals surface area contributed by atoms with E-state index in [-0.39, 0.29) is 17.6 Å². The molecule has 2 bridgehead atoms. The number of fused-ring (bicyclic) bond motifs is 3. The standard InChI is InChI=1S/C34H44N4O3/c1-38-25-12-13-26(38)21-29(20-25)40-27-14-9-23(10-15-27)32-30-19-24(11-16-31(30)36-37-32)33(39)35-22-34(17-5-2-6-18-34)41-28-7-3-4-8-28/h9-11,14-16,19,25-26,28-29H,2-8,12-13,17-18,20-22H2,1H3,(H,35,39)(H,36,37)/t25-,26+,29?. The molecule has 2 aliphatic heterocycles. The van der Waals surface area contributed by atoms with Gasteiger partial charge in [0.05, 0.1) is 22.9 Å². The highest BCUT2D eigenvalue weighted by Gasteiger charge is 2.39. The Morgan fingerprint density at radius 1 is 0.951 bits per heavy atom. The van der Waals surface area contributed by atoms with Gasteiger partial charge in [-0.2, -0.15) is 5.10 Å². The monoisotopic (exact) mass is 556 g/mol. The van der Waals surface area contributed by atoms with Crippen molar-refractivity contribution in [2.24, 2.45) is 0 Å². The molecule has 3 aromatic rings. The van der Waals surface area contributed by atoms with Gasteiger partial charge in [0.1, 0.15) is 11.9 Å². The van der Waals surface area contributed by atoms with Gasteiger partial charge in [0.15, 0.2) is 0 Å². The van der Waals surface area contributed by atoms with Gasteiger partial charge >= 0.3 is 0 Å². The van der Waals surface area contributed by atoms with E-state index >= 15 is 0 Å². The number of nitrogens with zero attached hydrogens (tertiary/aromatic N) is 2. The fourth-order valence-corrected chi connectivity index (χ4v) is 7.95. The number of rotatable bonds is 8. The van der Waals surface area contributed by atoms with Gasteiger partial charge in [-0.25, -0.2) is 0 Å². The second-order valence-electron chi connectivity index (χ2n) is 13.1. The van der Waals surface area contributed by atoms with E-state index in [1.165, 1.54) is 44.9 Å². The maximum absolute atomic E-state index is 13.4. The fourth-order valence-electron chi connectivity index (χ4n) is 7.95. The van der Waals surface area contributed by atoms with E-state index in [0.29, 0.717) is 30.3 Å². The lowest BCUT2D eigenvalue weighted by molar-refractivity contribution is -0.108. The second-order valence-corrected chi connectivity index (χ2v) is 13.1. The number of amides is 1. The lowest BCUT2D eigenvalue weighted by Crippen LogP contribution is -2.48. The molecule has 1 unspecified atom stereocenters. The molecule has 41 heavy (non-hydrogen) atoms. The third-order valence-electron chi connectivity index (χ3n) is 10.4. The molecule has 218 valence electrons. The summed E-state index contributed by atoms with van der Waals surface area (Å²) in [6, 6.07) is 15.4. The van der Waals surface area contributed by atoms with Crippen LogP contribution < -0.4 is 10.1 Å². The zero-order valence-electron chi connectivity index (χ0n) is 24.4. The minimum atomic E-state index is -0.218. The molecule has 2 aliphatic carbocycles. The van der Waals surface area contributed by atoms with E-state index in [1.54, 1.807) is 0 Å². The molecule has 4 fully saturated rings. The smallest absolute Gasteiger partial charge is 0.251 e. The molecule has 2 aromatic carbocycles. The topological polar surface area (TPSA) is 79.5 Å². The number of carbonyl (C=O) groups excluding carboxylic acids is 1. The van der Waals surface area contributed by atoms with Gasteiger partial charge in [0.25, 0.3) is 5.91 Å². The van der Waals surface area contributed by atoms with Gasteiger partial charge < -0.3 is 19.7 Å². The van der Waals surface area contributed by atoms with Crippen LogP contribution in [-0.2, 0) is 4.74 Å². The molecule has 3 atom stereocenters. The molecular weight excluding hydrogens is 512 g/mol. The summed E-state index contributed by atoms with van der Waals surface area (Å²) >= 11 is 0. The van der Waals surface area contributed by atoms with Crippen molar-refractivity contribution < 1.29 is 14.3 Å². The van der Waals surface area contributed by atoms with Gasteiger partial charge in [-0.3, -0.25) is 9.89 Å². The highest BCUT2D eigenvalue weighted by molar-refractivity contribution is 6.01. The van der Waals surface area contributed by atoms with Crippen LogP contribution in [0, 0.1) is 0 Å². The van der Waals surface area contributed by atoms with E-state index in [9.17, 15) is 4.79 Å². The summed E-state index contributed by atoms with van der Waals surface area (Å²) in [5.41, 5.74) is 3.23. The minimum absolute atomic E-state index is 0.0464. The number of H-pyrrole nitrogens is 1. The maximum atomic E-state index is 13.4. The number of carbonyl (C=O) groups is 1. The van der Waals surface area contributed by atoms with E-state index in [4.69, 9.17) is 9.47 Å². The molecule has 7 heteroatoms. The van der Waals surface area contributed by atoms with Gasteiger partial charge in [-0.1, -0.05) is 32.1 Å². The Balaban J connectivity index is 1.03. The van der Waals surface area contributed by atoms with Crippen LogP contribution in [0.5, 0.6) is 5.75 Å². The van der Waals surface area contributed by atoms with Gasteiger partial charge in [-0.15, -0.1) is 0 Å². The third kappa shape index (κ3) is 5.63. The molecule has 7 nitrogen and oxygen atoms in total. The van der Waals surface area contributed by atoms with Crippen molar-refractivity contribution in [2.75, 3.05) is 13.6 Å². The second kappa shape index (κ2) is 11.4. The molecular formula is C34H44N4O3. The van der Waals surface area contributed by atoms with Crippen molar-refractivity contribution in [1.82, 2.24) is 20.4 Å². The molecule has 1 amide bonds. The first-order chi connectivity index (χ1) is 20.1.